The zero-order valence-electron chi connectivity index (χ0n) is 14.0. The molecule has 1 amide bonds. The Morgan fingerprint density at radius 3 is 2.50 bits per heavy atom. The molecule has 0 aromatic carbocycles. The zero-order chi connectivity index (χ0) is 15.2. The molecule has 3 nitrogen and oxygen atoms in total. The van der Waals surface area contributed by atoms with Crippen molar-refractivity contribution in [3.05, 3.63) is 12.2 Å². The predicted molar refractivity (Wildman–Crippen MR) is 90.7 cm³/mol. The molecule has 124 valence electrons. The van der Waals surface area contributed by atoms with E-state index in [4.69, 9.17) is 0 Å². The van der Waals surface area contributed by atoms with Crippen molar-refractivity contribution in [2.75, 3.05) is 32.7 Å². The van der Waals surface area contributed by atoms with Gasteiger partial charge in [0, 0.05) is 25.6 Å². The van der Waals surface area contributed by atoms with Crippen molar-refractivity contribution in [2.45, 2.75) is 57.8 Å². The molecule has 1 aliphatic carbocycles. The first-order valence-corrected chi connectivity index (χ1v) is 9.49. The van der Waals surface area contributed by atoms with Gasteiger partial charge in [-0.05, 0) is 64.0 Å². The normalized spacial score (nSPS) is 31.0. The average Bonchev–Trinajstić information content (AvgIpc) is 2.84. The number of hydrogen-bond donors (Lipinski definition) is 0. The molecular weight excluding hydrogens is 272 g/mol. The number of allylic oxidation sites excluding steroid dienone is 2. The number of nitrogens with zero attached hydrogens (tertiary/aromatic N) is 2. The molecule has 2 fully saturated rings. The van der Waals surface area contributed by atoms with Crippen LogP contribution in [-0.4, -0.2) is 48.4 Å². The van der Waals surface area contributed by atoms with Gasteiger partial charge in [0.05, 0.1) is 0 Å². The monoisotopic (exact) mass is 304 g/mol. The minimum absolute atomic E-state index is 0.266. The summed E-state index contributed by atoms with van der Waals surface area (Å²) in [6.45, 7) is 5.77. The highest BCUT2D eigenvalue weighted by atomic mass is 16.2. The lowest BCUT2D eigenvalue weighted by molar-refractivity contribution is -0.137. The van der Waals surface area contributed by atoms with Crippen molar-refractivity contribution in [1.29, 1.82) is 0 Å². The number of likely N-dealkylation sites (tertiary alicyclic amines) is 2. The molecule has 0 aromatic rings. The fourth-order valence-electron chi connectivity index (χ4n) is 4.37. The second kappa shape index (κ2) is 8.14. The van der Waals surface area contributed by atoms with Gasteiger partial charge in [-0.3, -0.25) is 4.79 Å². The third-order valence-electron chi connectivity index (χ3n) is 5.66. The van der Waals surface area contributed by atoms with Gasteiger partial charge in [-0.25, -0.2) is 0 Å². The maximum atomic E-state index is 12.7. The summed E-state index contributed by atoms with van der Waals surface area (Å²) < 4.78 is 0. The van der Waals surface area contributed by atoms with Gasteiger partial charge in [0.25, 0.3) is 0 Å². The molecule has 0 unspecified atom stereocenters. The van der Waals surface area contributed by atoms with E-state index in [1.54, 1.807) is 0 Å². The van der Waals surface area contributed by atoms with Crippen LogP contribution in [0.1, 0.15) is 57.8 Å². The molecule has 3 rings (SSSR count). The standard InChI is InChI=1S/C19H32N2O/c22-19(18-10-4-3-5-11-18)21-14-8-9-17(16-21)15-20-12-6-1-2-7-13-20/h3-4,17-18H,1-2,5-16H2/t17-,18+/m0/s1. The summed E-state index contributed by atoms with van der Waals surface area (Å²) in [5, 5.41) is 0. The Kier molecular flexibility index (Phi) is 5.94. The molecule has 0 aromatic heterocycles. The van der Waals surface area contributed by atoms with E-state index in [0.29, 0.717) is 11.8 Å². The molecule has 2 heterocycles. The minimum Gasteiger partial charge on any atom is -0.342 e. The number of amides is 1. The highest BCUT2D eigenvalue weighted by Gasteiger charge is 2.29. The fraction of sp³-hybridized carbons (Fsp3) is 0.842. The molecule has 2 aliphatic heterocycles. The smallest absolute Gasteiger partial charge is 0.226 e. The van der Waals surface area contributed by atoms with Gasteiger partial charge >= 0.3 is 0 Å². The van der Waals surface area contributed by atoms with Gasteiger partial charge in [-0.2, -0.15) is 0 Å². The Bertz CT molecular complexity index is 385. The van der Waals surface area contributed by atoms with Crippen LogP contribution in [-0.2, 0) is 4.79 Å². The van der Waals surface area contributed by atoms with Crippen molar-refractivity contribution in [3.8, 4) is 0 Å². The Hall–Kier alpha value is -0.830. The van der Waals surface area contributed by atoms with Gasteiger partial charge in [-0.1, -0.05) is 25.0 Å². The summed E-state index contributed by atoms with van der Waals surface area (Å²) in [5.41, 5.74) is 0. The number of piperidine rings is 1. The Labute approximate surface area is 135 Å². The third kappa shape index (κ3) is 4.34. The van der Waals surface area contributed by atoms with Crippen LogP contribution in [0.5, 0.6) is 0 Å². The topological polar surface area (TPSA) is 23.6 Å². The quantitative estimate of drug-likeness (QED) is 0.746. The van der Waals surface area contributed by atoms with Crippen LogP contribution in [0.3, 0.4) is 0 Å². The van der Waals surface area contributed by atoms with Crippen molar-refractivity contribution in [1.82, 2.24) is 9.80 Å². The first-order chi connectivity index (χ1) is 10.8. The summed E-state index contributed by atoms with van der Waals surface area (Å²) >= 11 is 0. The summed E-state index contributed by atoms with van der Waals surface area (Å²) in [6, 6.07) is 0. The van der Waals surface area contributed by atoms with Crippen LogP contribution in [0.2, 0.25) is 0 Å². The van der Waals surface area contributed by atoms with E-state index in [2.05, 4.69) is 22.0 Å². The van der Waals surface area contributed by atoms with Crippen LogP contribution in [0.25, 0.3) is 0 Å². The van der Waals surface area contributed by atoms with Crippen molar-refractivity contribution in [3.63, 3.8) is 0 Å². The highest BCUT2D eigenvalue weighted by Crippen LogP contribution is 2.25. The lowest BCUT2D eigenvalue weighted by atomic mass is 9.90. The molecule has 3 heteroatoms. The van der Waals surface area contributed by atoms with Crippen LogP contribution in [0, 0.1) is 11.8 Å². The molecule has 0 bridgehead atoms. The fourth-order valence-corrected chi connectivity index (χ4v) is 4.37. The summed E-state index contributed by atoms with van der Waals surface area (Å²) in [4.78, 5) is 17.6. The lowest BCUT2D eigenvalue weighted by Crippen LogP contribution is -2.46. The molecule has 22 heavy (non-hydrogen) atoms. The number of rotatable bonds is 3. The SMILES string of the molecule is O=C([C@@H]1CC=CCC1)N1CCC[C@@H](CN2CCCCCC2)C1. The van der Waals surface area contributed by atoms with E-state index < -0.39 is 0 Å². The number of carbonyl (C=O) groups excluding carboxylic acids is 1. The van der Waals surface area contributed by atoms with E-state index in [-0.39, 0.29) is 5.92 Å². The Morgan fingerprint density at radius 2 is 1.77 bits per heavy atom. The molecule has 0 saturated carbocycles. The molecule has 2 saturated heterocycles. The van der Waals surface area contributed by atoms with E-state index in [9.17, 15) is 4.79 Å². The van der Waals surface area contributed by atoms with Gasteiger partial charge in [0.2, 0.25) is 5.91 Å². The third-order valence-corrected chi connectivity index (χ3v) is 5.66. The zero-order valence-corrected chi connectivity index (χ0v) is 14.0. The van der Waals surface area contributed by atoms with Crippen molar-refractivity contribution >= 4 is 5.91 Å². The van der Waals surface area contributed by atoms with Gasteiger partial charge in [0.1, 0.15) is 0 Å². The first-order valence-electron chi connectivity index (χ1n) is 9.49. The average molecular weight is 304 g/mol. The number of carbonyl (C=O) groups is 1. The molecule has 0 N–H and O–H groups in total. The van der Waals surface area contributed by atoms with E-state index in [1.165, 1.54) is 58.2 Å². The molecule has 3 aliphatic rings. The van der Waals surface area contributed by atoms with Gasteiger partial charge < -0.3 is 9.80 Å². The summed E-state index contributed by atoms with van der Waals surface area (Å²) in [7, 11) is 0. The van der Waals surface area contributed by atoms with Gasteiger partial charge in [0.15, 0.2) is 0 Å². The summed E-state index contributed by atoms with van der Waals surface area (Å²) in [6.07, 6.45) is 15.6. The lowest BCUT2D eigenvalue weighted by Gasteiger charge is -2.37. The predicted octanol–water partition coefficient (Wildman–Crippen LogP) is 3.46. The Morgan fingerprint density at radius 1 is 0.955 bits per heavy atom. The molecular formula is C19H32N2O. The molecule has 0 radical (unpaired) electrons. The van der Waals surface area contributed by atoms with E-state index in [0.717, 1.165) is 32.4 Å². The maximum absolute atomic E-state index is 12.7. The summed E-state index contributed by atoms with van der Waals surface area (Å²) in [5.74, 6) is 1.40. The van der Waals surface area contributed by atoms with E-state index in [1.807, 2.05) is 0 Å². The minimum atomic E-state index is 0.266. The van der Waals surface area contributed by atoms with Crippen molar-refractivity contribution in [2.24, 2.45) is 11.8 Å². The van der Waals surface area contributed by atoms with Crippen LogP contribution in [0.15, 0.2) is 12.2 Å². The number of hydrogen-bond acceptors (Lipinski definition) is 2. The highest BCUT2D eigenvalue weighted by molar-refractivity contribution is 5.79. The second-order valence-electron chi connectivity index (χ2n) is 7.49. The van der Waals surface area contributed by atoms with E-state index >= 15 is 0 Å². The molecule has 2 atom stereocenters. The largest absolute Gasteiger partial charge is 0.342 e. The second-order valence-corrected chi connectivity index (χ2v) is 7.49. The van der Waals surface area contributed by atoms with Crippen LogP contribution >= 0.6 is 0 Å². The first kappa shape index (κ1) is 16.0. The van der Waals surface area contributed by atoms with Gasteiger partial charge in [-0.15, -0.1) is 0 Å². The van der Waals surface area contributed by atoms with Crippen LogP contribution in [0.4, 0.5) is 0 Å². The Balaban J connectivity index is 1.50. The maximum Gasteiger partial charge on any atom is 0.226 e. The molecule has 0 spiro atoms. The van der Waals surface area contributed by atoms with Crippen LogP contribution < -0.4 is 0 Å². The van der Waals surface area contributed by atoms with Crippen molar-refractivity contribution < 1.29 is 4.79 Å².